The number of methoxy groups -OCH3 is 2. The summed E-state index contributed by atoms with van der Waals surface area (Å²) in [6.45, 7) is 10.4. The van der Waals surface area contributed by atoms with Crippen LogP contribution in [0.15, 0.2) is 11.2 Å². The number of nitrogens with one attached hydrogen (secondary N) is 1. The maximum Gasteiger partial charge on any atom is 0.194 e. The van der Waals surface area contributed by atoms with Gasteiger partial charge in [0, 0.05) is 50.0 Å². The summed E-state index contributed by atoms with van der Waals surface area (Å²) in [7, 11) is 3.47. The molecule has 1 aliphatic rings. The fourth-order valence-corrected chi connectivity index (χ4v) is 3.20. The second kappa shape index (κ2) is 8.87. The highest BCUT2D eigenvalue weighted by Gasteiger charge is 2.24. The molecule has 24 heavy (non-hydrogen) atoms. The molecule has 1 aromatic rings. The van der Waals surface area contributed by atoms with Crippen LogP contribution in [0.25, 0.3) is 0 Å². The van der Waals surface area contributed by atoms with Gasteiger partial charge < -0.3 is 19.7 Å². The molecule has 134 valence electrons. The Morgan fingerprint density at radius 1 is 1.42 bits per heavy atom. The lowest BCUT2D eigenvalue weighted by Gasteiger charge is -2.21. The molecular weight excluding hydrogens is 304 g/mol. The van der Waals surface area contributed by atoms with Crippen molar-refractivity contribution in [3.05, 3.63) is 23.0 Å². The summed E-state index contributed by atoms with van der Waals surface area (Å²) in [5.74, 6) is 2.44. The van der Waals surface area contributed by atoms with E-state index in [-0.39, 0.29) is 0 Å². The molecule has 0 aliphatic carbocycles. The van der Waals surface area contributed by atoms with E-state index in [1.807, 2.05) is 20.0 Å². The molecule has 0 amide bonds. The van der Waals surface area contributed by atoms with E-state index in [1.54, 1.807) is 14.2 Å². The Labute approximate surface area is 145 Å². The lowest BCUT2D eigenvalue weighted by atomic mass is 10.1. The first-order valence-corrected chi connectivity index (χ1v) is 8.61. The SMILES string of the molecule is CCNC(=NCc1ncc(C)c(OC)c1C)N1CCC(COC)C1. The molecule has 0 radical (unpaired) electrons. The average molecular weight is 334 g/mol. The van der Waals surface area contributed by atoms with Crippen molar-refractivity contribution in [2.45, 2.75) is 33.7 Å². The van der Waals surface area contributed by atoms with Gasteiger partial charge in [-0.05, 0) is 27.2 Å². The molecule has 0 bridgehead atoms. The quantitative estimate of drug-likeness (QED) is 0.638. The number of hydrogen-bond acceptors (Lipinski definition) is 4. The first kappa shape index (κ1) is 18.5. The van der Waals surface area contributed by atoms with Crippen LogP contribution in [0, 0.1) is 19.8 Å². The van der Waals surface area contributed by atoms with Crippen molar-refractivity contribution >= 4 is 5.96 Å². The van der Waals surface area contributed by atoms with Gasteiger partial charge in [0.15, 0.2) is 5.96 Å². The number of pyridine rings is 1. The molecule has 1 unspecified atom stereocenters. The zero-order valence-corrected chi connectivity index (χ0v) is 15.6. The number of aliphatic imine (C=N–C) groups is 1. The van der Waals surface area contributed by atoms with E-state index in [1.165, 1.54) is 0 Å². The van der Waals surface area contributed by atoms with Gasteiger partial charge in [0.2, 0.25) is 0 Å². The molecule has 1 fully saturated rings. The largest absolute Gasteiger partial charge is 0.496 e. The van der Waals surface area contributed by atoms with E-state index in [2.05, 4.69) is 22.1 Å². The van der Waals surface area contributed by atoms with E-state index in [0.29, 0.717) is 12.5 Å². The van der Waals surface area contributed by atoms with Gasteiger partial charge >= 0.3 is 0 Å². The molecule has 6 heteroatoms. The molecule has 6 nitrogen and oxygen atoms in total. The lowest BCUT2D eigenvalue weighted by Crippen LogP contribution is -2.40. The van der Waals surface area contributed by atoms with Crippen LogP contribution in [0.1, 0.15) is 30.2 Å². The molecule has 0 spiro atoms. The summed E-state index contributed by atoms with van der Waals surface area (Å²) in [5.41, 5.74) is 3.08. The Morgan fingerprint density at radius 3 is 2.88 bits per heavy atom. The van der Waals surface area contributed by atoms with Crippen LogP contribution in [0.3, 0.4) is 0 Å². The maximum atomic E-state index is 5.48. The van der Waals surface area contributed by atoms with Gasteiger partial charge in [-0.2, -0.15) is 0 Å². The summed E-state index contributed by atoms with van der Waals surface area (Å²) in [5, 5.41) is 3.39. The minimum absolute atomic E-state index is 0.552. The molecule has 2 heterocycles. The van der Waals surface area contributed by atoms with E-state index in [4.69, 9.17) is 14.5 Å². The molecule has 1 N–H and O–H groups in total. The van der Waals surface area contributed by atoms with Crippen molar-refractivity contribution in [2.24, 2.45) is 10.9 Å². The minimum Gasteiger partial charge on any atom is -0.496 e. The van der Waals surface area contributed by atoms with Crippen LogP contribution >= 0.6 is 0 Å². The predicted octanol–water partition coefficient (Wildman–Crippen LogP) is 2.14. The van der Waals surface area contributed by atoms with Crippen molar-refractivity contribution in [1.82, 2.24) is 15.2 Å². The lowest BCUT2D eigenvalue weighted by molar-refractivity contribution is 0.157. The van der Waals surface area contributed by atoms with Gasteiger partial charge in [-0.3, -0.25) is 4.98 Å². The number of rotatable bonds is 6. The second-order valence-electron chi connectivity index (χ2n) is 6.27. The predicted molar refractivity (Wildman–Crippen MR) is 96.6 cm³/mol. The highest BCUT2D eigenvalue weighted by Crippen LogP contribution is 2.24. The highest BCUT2D eigenvalue weighted by molar-refractivity contribution is 5.80. The zero-order chi connectivity index (χ0) is 17.5. The molecule has 0 saturated carbocycles. The van der Waals surface area contributed by atoms with E-state index >= 15 is 0 Å². The highest BCUT2D eigenvalue weighted by atomic mass is 16.5. The number of aromatic nitrogens is 1. The topological polar surface area (TPSA) is 59.0 Å². The van der Waals surface area contributed by atoms with Crippen LogP contribution in [-0.4, -0.2) is 56.3 Å². The number of nitrogens with zero attached hydrogens (tertiary/aromatic N) is 3. The second-order valence-corrected chi connectivity index (χ2v) is 6.27. The van der Waals surface area contributed by atoms with Crippen LogP contribution < -0.4 is 10.1 Å². The van der Waals surface area contributed by atoms with Crippen molar-refractivity contribution in [3.63, 3.8) is 0 Å². The van der Waals surface area contributed by atoms with Crippen LogP contribution in [-0.2, 0) is 11.3 Å². The number of aryl methyl sites for hydroxylation is 1. The monoisotopic (exact) mass is 334 g/mol. The molecule has 1 atom stereocenters. The number of hydrogen-bond donors (Lipinski definition) is 1. The third kappa shape index (κ3) is 4.38. The van der Waals surface area contributed by atoms with Gasteiger partial charge in [-0.15, -0.1) is 0 Å². The number of likely N-dealkylation sites (tertiary alicyclic amines) is 1. The Kier molecular flexibility index (Phi) is 6.85. The standard InChI is InChI=1S/C18H30N4O2/c1-6-19-18(22-8-7-15(11-22)12-23-4)21-10-16-14(3)17(24-5)13(2)9-20-16/h9,15H,6-8,10-12H2,1-5H3,(H,19,21). The first-order valence-electron chi connectivity index (χ1n) is 8.61. The van der Waals surface area contributed by atoms with Crippen molar-refractivity contribution < 1.29 is 9.47 Å². The zero-order valence-electron chi connectivity index (χ0n) is 15.6. The third-order valence-electron chi connectivity index (χ3n) is 4.45. The molecule has 1 saturated heterocycles. The fraction of sp³-hybridized carbons (Fsp3) is 0.667. The molecule has 1 aliphatic heterocycles. The Morgan fingerprint density at radius 2 is 2.21 bits per heavy atom. The van der Waals surface area contributed by atoms with Gasteiger partial charge in [0.1, 0.15) is 5.75 Å². The average Bonchev–Trinajstić information content (AvgIpc) is 3.02. The van der Waals surface area contributed by atoms with Crippen molar-refractivity contribution in [1.29, 1.82) is 0 Å². The minimum atomic E-state index is 0.552. The summed E-state index contributed by atoms with van der Waals surface area (Å²) in [6.07, 6.45) is 3.00. The van der Waals surface area contributed by atoms with Crippen LogP contribution in [0.2, 0.25) is 0 Å². The summed E-state index contributed by atoms with van der Waals surface area (Å²) in [6, 6.07) is 0. The molecular formula is C18H30N4O2. The Balaban J connectivity index is 2.12. The summed E-state index contributed by atoms with van der Waals surface area (Å²) >= 11 is 0. The van der Waals surface area contributed by atoms with Gasteiger partial charge in [0.25, 0.3) is 0 Å². The van der Waals surface area contributed by atoms with Crippen molar-refractivity contribution in [3.8, 4) is 5.75 Å². The molecule has 0 aromatic carbocycles. The van der Waals surface area contributed by atoms with Gasteiger partial charge in [-0.25, -0.2) is 4.99 Å². The Hall–Kier alpha value is -1.82. The van der Waals surface area contributed by atoms with Crippen LogP contribution in [0.5, 0.6) is 5.75 Å². The normalized spacial score (nSPS) is 18.1. The fourth-order valence-electron chi connectivity index (χ4n) is 3.20. The number of ether oxygens (including phenoxy) is 2. The van der Waals surface area contributed by atoms with E-state index in [0.717, 1.165) is 61.2 Å². The summed E-state index contributed by atoms with van der Waals surface area (Å²) in [4.78, 5) is 11.6. The smallest absolute Gasteiger partial charge is 0.194 e. The number of guanidine groups is 1. The van der Waals surface area contributed by atoms with E-state index < -0.39 is 0 Å². The third-order valence-corrected chi connectivity index (χ3v) is 4.45. The Bertz CT molecular complexity index is 574. The molecule has 1 aromatic heterocycles. The van der Waals surface area contributed by atoms with E-state index in [9.17, 15) is 0 Å². The van der Waals surface area contributed by atoms with Gasteiger partial charge in [-0.1, -0.05) is 0 Å². The van der Waals surface area contributed by atoms with Gasteiger partial charge in [0.05, 0.1) is 26.0 Å². The maximum absolute atomic E-state index is 5.48. The van der Waals surface area contributed by atoms with Crippen LogP contribution in [0.4, 0.5) is 0 Å². The summed E-state index contributed by atoms with van der Waals surface area (Å²) < 4.78 is 10.8. The first-order chi connectivity index (χ1) is 11.6. The molecule has 2 rings (SSSR count). The van der Waals surface area contributed by atoms with Crippen molar-refractivity contribution in [2.75, 3.05) is 40.5 Å².